The second-order valence-electron chi connectivity index (χ2n) is 4.59. The Hall–Kier alpha value is -2.25. The van der Waals surface area contributed by atoms with Crippen molar-refractivity contribution in [1.82, 2.24) is 15.6 Å². The Morgan fingerprint density at radius 3 is 2.64 bits per heavy atom. The number of benzene rings is 1. The molecule has 2 aromatic rings. The number of carbonyl (C=O) groups excluding carboxylic acids is 2. The summed E-state index contributed by atoms with van der Waals surface area (Å²) >= 11 is 1.58. The van der Waals surface area contributed by atoms with Crippen LogP contribution in [0.4, 0.5) is 0 Å². The van der Waals surface area contributed by atoms with E-state index >= 15 is 0 Å². The van der Waals surface area contributed by atoms with Crippen LogP contribution in [0.5, 0.6) is 0 Å². The fraction of sp³-hybridized carbons (Fsp3) is 0.267. The molecule has 0 aliphatic heterocycles. The van der Waals surface area contributed by atoms with Crippen molar-refractivity contribution in [3.8, 4) is 10.6 Å². The molecule has 0 spiro atoms. The van der Waals surface area contributed by atoms with Gasteiger partial charge in [0, 0.05) is 23.9 Å². The van der Waals surface area contributed by atoms with Crippen molar-refractivity contribution in [3.63, 3.8) is 0 Å². The van der Waals surface area contributed by atoms with Gasteiger partial charge in [0.15, 0.2) is 0 Å². The van der Waals surface area contributed by atoms with Crippen molar-refractivity contribution in [2.24, 2.45) is 5.73 Å². The van der Waals surface area contributed by atoms with Crippen molar-refractivity contribution >= 4 is 23.2 Å². The average Bonchev–Trinajstić information content (AvgIpc) is 3.02. The highest BCUT2D eigenvalue weighted by Gasteiger charge is 2.06. The fourth-order valence-electron chi connectivity index (χ4n) is 1.78. The smallest absolute Gasteiger partial charge is 0.239 e. The molecule has 0 atom stereocenters. The molecule has 0 saturated heterocycles. The summed E-state index contributed by atoms with van der Waals surface area (Å²) in [6, 6.07) is 9.96. The number of thiazole rings is 1. The number of amides is 2. The zero-order valence-electron chi connectivity index (χ0n) is 12.0. The maximum Gasteiger partial charge on any atom is 0.239 e. The Bertz CT molecular complexity index is 627. The predicted molar refractivity (Wildman–Crippen MR) is 86.3 cm³/mol. The van der Waals surface area contributed by atoms with Gasteiger partial charge in [-0.15, -0.1) is 11.3 Å². The minimum Gasteiger partial charge on any atom is -0.354 e. The van der Waals surface area contributed by atoms with Gasteiger partial charge in [0.25, 0.3) is 0 Å². The number of aromatic nitrogens is 1. The number of nitrogens with two attached hydrogens (primary N) is 1. The third-order valence-electron chi connectivity index (χ3n) is 2.91. The molecule has 4 N–H and O–H groups in total. The number of hydrogen-bond acceptors (Lipinski definition) is 5. The largest absolute Gasteiger partial charge is 0.354 e. The van der Waals surface area contributed by atoms with Crippen LogP contribution in [-0.2, 0) is 16.0 Å². The van der Waals surface area contributed by atoms with Gasteiger partial charge in [0.2, 0.25) is 11.8 Å². The first kappa shape index (κ1) is 16.1. The monoisotopic (exact) mass is 318 g/mol. The van der Waals surface area contributed by atoms with Crippen LogP contribution >= 0.6 is 11.3 Å². The van der Waals surface area contributed by atoms with E-state index in [2.05, 4.69) is 15.6 Å². The highest BCUT2D eigenvalue weighted by atomic mass is 32.1. The van der Waals surface area contributed by atoms with Crippen LogP contribution in [0.25, 0.3) is 10.6 Å². The third kappa shape index (κ3) is 4.94. The molecule has 0 unspecified atom stereocenters. The quantitative estimate of drug-likeness (QED) is 0.694. The summed E-state index contributed by atoms with van der Waals surface area (Å²) in [5.74, 6) is -0.581. The summed E-state index contributed by atoms with van der Waals surface area (Å²) in [7, 11) is 0. The van der Waals surface area contributed by atoms with Crippen molar-refractivity contribution in [3.05, 3.63) is 41.4 Å². The van der Waals surface area contributed by atoms with Crippen LogP contribution in [0.15, 0.2) is 35.7 Å². The normalized spacial score (nSPS) is 10.2. The molecule has 22 heavy (non-hydrogen) atoms. The third-order valence-corrected chi connectivity index (χ3v) is 3.85. The van der Waals surface area contributed by atoms with E-state index in [0.717, 1.165) is 16.3 Å². The summed E-state index contributed by atoms with van der Waals surface area (Å²) in [6.07, 6.45) is 0.653. The maximum absolute atomic E-state index is 11.5. The van der Waals surface area contributed by atoms with Crippen LogP contribution in [0.2, 0.25) is 0 Å². The molecule has 0 radical (unpaired) electrons. The standard InChI is InChI=1S/C15H18N4O2S/c16-8-13(20)18-9-14(21)17-7-6-12-10-22-15(19-12)11-4-2-1-3-5-11/h1-5,10H,6-9,16H2,(H,17,21)(H,18,20). The van der Waals surface area contributed by atoms with Gasteiger partial charge in [-0.1, -0.05) is 30.3 Å². The summed E-state index contributed by atoms with van der Waals surface area (Å²) in [4.78, 5) is 27.0. The molecule has 0 aliphatic carbocycles. The Morgan fingerprint density at radius 2 is 1.91 bits per heavy atom. The molecule has 0 aliphatic rings. The van der Waals surface area contributed by atoms with E-state index in [9.17, 15) is 9.59 Å². The van der Waals surface area contributed by atoms with Crippen molar-refractivity contribution in [1.29, 1.82) is 0 Å². The number of hydrogen-bond donors (Lipinski definition) is 3. The molecular weight excluding hydrogens is 300 g/mol. The van der Waals surface area contributed by atoms with Crippen LogP contribution in [0, 0.1) is 0 Å². The lowest BCUT2D eigenvalue weighted by Gasteiger charge is -2.05. The van der Waals surface area contributed by atoms with Gasteiger partial charge in [0.1, 0.15) is 5.01 Å². The van der Waals surface area contributed by atoms with Crippen LogP contribution in [-0.4, -0.2) is 36.4 Å². The SMILES string of the molecule is NCC(=O)NCC(=O)NCCc1csc(-c2ccccc2)n1. The summed E-state index contributed by atoms with van der Waals surface area (Å²) < 4.78 is 0. The number of rotatable bonds is 7. The molecule has 1 heterocycles. The topological polar surface area (TPSA) is 97.1 Å². The Morgan fingerprint density at radius 1 is 1.14 bits per heavy atom. The van der Waals surface area contributed by atoms with Gasteiger partial charge in [-0.25, -0.2) is 4.98 Å². The number of nitrogens with zero attached hydrogens (tertiary/aromatic N) is 1. The highest BCUT2D eigenvalue weighted by Crippen LogP contribution is 2.23. The van der Waals surface area contributed by atoms with E-state index in [1.165, 1.54) is 0 Å². The Balaban J connectivity index is 1.75. The molecule has 0 bridgehead atoms. The van der Waals surface area contributed by atoms with Gasteiger partial charge in [-0.3, -0.25) is 9.59 Å². The van der Waals surface area contributed by atoms with E-state index < -0.39 is 0 Å². The van der Waals surface area contributed by atoms with Crippen LogP contribution in [0.1, 0.15) is 5.69 Å². The molecule has 6 nitrogen and oxygen atoms in total. The van der Waals surface area contributed by atoms with E-state index in [4.69, 9.17) is 5.73 Å². The summed E-state index contributed by atoms with van der Waals surface area (Å²) in [5.41, 5.74) is 7.16. The molecule has 1 aromatic carbocycles. The second kappa shape index (κ2) is 8.26. The Labute approximate surface area is 132 Å². The van der Waals surface area contributed by atoms with Crippen molar-refractivity contribution < 1.29 is 9.59 Å². The highest BCUT2D eigenvalue weighted by molar-refractivity contribution is 7.13. The summed E-state index contributed by atoms with van der Waals surface area (Å²) in [5, 5.41) is 8.11. The molecule has 0 saturated carbocycles. The minimum atomic E-state index is -0.345. The number of carbonyl (C=O) groups is 2. The van der Waals surface area contributed by atoms with E-state index in [1.807, 2.05) is 35.7 Å². The van der Waals surface area contributed by atoms with Crippen LogP contribution in [0.3, 0.4) is 0 Å². The average molecular weight is 318 g/mol. The van der Waals surface area contributed by atoms with Gasteiger partial charge in [0.05, 0.1) is 18.8 Å². The molecule has 2 rings (SSSR count). The molecule has 7 heteroatoms. The molecule has 0 fully saturated rings. The van der Waals surface area contributed by atoms with Crippen molar-refractivity contribution in [2.45, 2.75) is 6.42 Å². The molecular formula is C15H18N4O2S. The predicted octanol–water partition coefficient (Wildman–Crippen LogP) is 0.544. The lowest BCUT2D eigenvalue weighted by Crippen LogP contribution is -2.40. The summed E-state index contributed by atoms with van der Waals surface area (Å²) in [6.45, 7) is 0.312. The van der Waals surface area contributed by atoms with Gasteiger partial charge in [-0.2, -0.15) is 0 Å². The molecule has 2 amide bonds. The number of nitrogens with one attached hydrogen (secondary N) is 2. The van der Waals surface area contributed by atoms with E-state index in [1.54, 1.807) is 11.3 Å². The van der Waals surface area contributed by atoms with Gasteiger partial charge in [-0.05, 0) is 0 Å². The van der Waals surface area contributed by atoms with Crippen molar-refractivity contribution in [2.75, 3.05) is 19.6 Å². The molecule has 116 valence electrons. The first-order chi connectivity index (χ1) is 10.7. The van der Waals surface area contributed by atoms with E-state index in [-0.39, 0.29) is 24.9 Å². The lowest BCUT2D eigenvalue weighted by atomic mass is 10.2. The van der Waals surface area contributed by atoms with Gasteiger partial charge >= 0.3 is 0 Å². The first-order valence-corrected chi connectivity index (χ1v) is 7.80. The second-order valence-corrected chi connectivity index (χ2v) is 5.45. The van der Waals surface area contributed by atoms with Gasteiger partial charge < -0.3 is 16.4 Å². The fourth-order valence-corrected chi connectivity index (χ4v) is 2.64. The molecule has 1 aromatic heterocycles. The zero-order chi connectivity index (χ0) is 15.8. The minimum absolute atomic E-state index is 0.0532. The lowest BCUT2D eigenvalue weighted by molar-refractivity contribution is -0.125. The first-order valence-electron chi connectivity index (χ1n) is 6.92. The van der Waals surface area contributed by atoms with Crippen LogP contribution < -0.4 is 16.4 Å². The van der Waals surface area contributed by atoms with E-state index in [0.29, 0.717) is 13.0 Å². The zero-order valence-corrected chi connectivity index (χ0v) is 12.9. The Kier molecular flexibility index (Phi) is 6.05. The maximum atomic E-state index is 11.5.